The van der Waals surface area contributed by atoms with Crippen LogP contribution in [0.15, 0.2) is 18.5 Å². The van der Waals surface area contributed by atoms with Crippen molar-refractivity contribution in [3.63, 3.8) is 0 Å². The Morgan fingerprint density at radius 2 is 2.38 bits per heavy atom. The summed E-state index contributed by atoms with van der Waals surface area (Å²) in [7, 11) is 0. The van der Waals surface area contributed by atoms with Crippen molar-refractivity contribution in [2.24, 2.45) is 0 Å². The molecule has 0 amide bonds. The van der Waals surface area contributed by atoms with Crippen LogP contribution < -0.4 is 0 Å². The van der Waals surface area contributed by atoms with E-state index < -0.39 is 0 Å². The summed E-state index contributed by atoms with van der Waals surface area (Å²) in [6, 6.07) is 1.94. The molecule has 0 fully saturated rings. The van der Waals surface area contributed by atoms with Crippen molar-refractivity contribution in [1.29, 1.82) is 0 Å². The lowest BCUT2D eigenvalue weighted by molar-refractivity contribution is 0.290. The second-order valence-electron chi connectivity index (χ2n) is 2.82. The zero-order valence-electron chi connectivity index (χ0n) is 7.75. The zero-order chi connectivity index (χ0) is 9.52. The highest BCUT2D eigenvalue weighted by atomic mass is 16.2. The number of aliphatic hydroxyl groups is 1. The molecule has 1 aromatic rings. The van der Waals surface area contributed by atoms with Crippen LogP contribution in [0.4, 0.5) is 0 Å². The lowest BCUT2D eigenvalue weighted by Crippen LogP contribution is -1.83. The van der Waals surface area contributed by atoms with Gasteiger partial charge in [0.1, 0.15) is 0 Å². The Morgan fingerprint density at radius 1 is 1.54 bits per heavy atom. The molecule has 0 spiro atoms. The molecule has 0 radical (unpaired) electrons. The van der Waals surface area contributed by atoms with Crippen molar-refractivity contribution >= 4 is 0 Å². The van der Waals surface area contributed by atoms with Crippen LogP contribution in [0, 0.1) is 18.8 Å². The number of hydrogen-bond donors (Lipinski definition) is 1. The Morgan fingerprint density at radius 3 is 3.08 bits per heavy atom. The van der Waals surface area contributed by atoms with E-state index in [9.17, 15) is 0 Å². The summed E-state index contributed by atoms with van der Waals surface area (Å²) >= 11 is 0. The van der Waals surface area contributed by atoms with Gasteiger partial charge in [-0.05, 0) is 25.0 Å². The second-order valence-corrected chi connectivity index (χ2v) is 2.82. The van der Waals surface area contributed by atoms with E-state index in [1.807, 2.05) is 13.0 Å². The Kier molecular flexibility index (Phi) is 4.01. The fourth-order valence-corrected chi connectivity index (χ4v) is 0.920. The third kappa shape index (κ3) is 3.27. The van der Waals surface area contributed by atoms with E-state index in [1.165, 1.54) is 0 Å². The Bertz CT molecular complexity index is 322. The molecule has 0 aliphatic heterocycles. The lowest BCUT2D eigenvalue weighted by atomic mass is 10.1. The van der Waals surface area contributed by atoms with Gasteiger partial charge in [0, 0.05) is 31.0 Å². The Hall–Kier alpha value is -1.33. The summed E-state index contributed by atoms with van der Waals surface area (Å²) in [5.41, 5.74) is 2.12. The highest BCUT2D eigenvalue weighted by Gasteiger charge is 1.90. The van der Waals surface area contributed by atoms with Crippen LogP contribution >= 0.6 is 0 Å². The maximum atomic E-state index is 8.54. The van der Waals surface area contributed by atoms with E-state index in [0.29, 0.717) is 0 Å². The van der Waals surface area contributed by atoms with E-state index in [1.54, 1.807) is 12.4 Å². The molecule has 0 aliphatic carbocycles. The molecule has 1 rings (SSSR count). The minimum Gasteiger partial charge on any atom is -0.396 e. The topological polar surface area (TPSA) is 33.1 Å². The van der Waals surface area contributed by atoms with Gasteiger partial charge in [0.25, 0.3) is 0 Å². The van der Waals surface area contributed by atoms with Crippen molar-refractivity contribution in [1.82, 2.24) is 4.98 Å². The maximum Gasteiger partial charge on any atom is 0.0457 e. The molecule has 0 unspecified atom stereocenters. The smallest absolute Gasteiger partial charge is 0.0457 e. The van der Waals surface area contributed by atoms with Crippen molar-refractivity contribution < 1.29 is 5.11 Å². The van der Waals surface area contributed by atoms with E-state index in [-0.39, 0.29) is 6.61 Å². The Balaban J connectivity index is 2.61. The number of aliphatic hydroxyl groups excluding tert-OH is 1. The summed E-state index contributed by atoms with van der Waals surface area (Å²) < 4.78 is 0. The highest BCUT2D eigenvalue weighted by molar-refractivity contribution is 5.37. The summed E-state index contributed by atoms with van der Waals surface area (Å²) in [4.78, 5) is 3.99. The molecule has 1 heterocycles. The van der Waals surface area contributed by atoms with Gasteiger partial charge < -0.3 is 5.11 Å². The lowest BCUT2D eigenvalue weighted by Gasteiger charge is -1.93. The van der Waals surface area contributed by atoms with Crippen LogP contribution in [-0.4, -0.2) is 16.7 Å². The quantitative estimate of drug-likeness (QED) is 0.546. The molecule has 1 aromatic heterocycles. The molecule has 1 N–H and O–H groups in total. The van der Waals surface area contributed by atoms with E-state index >= 15 is 0 Å². The second kappa shape index (κ2) is 5.34. The molecule has 0 bridgehead atoms. The first kappa shape index (κ1) is 9.76. The average Bonchev–Trinajstić information content (AvgIpc) is 2.15. The van der Waals surface area contributed by atoms with Gasteiger partial charge in [-0.1, -0.05) is 11.8 Å². The fraction of sp³-hybridized carbons (Fsp3) is 0.364. The van der Waals surface area contributed by atoms with Gasteiger partial charge in [0.15, 0.2) is 0 Å². The number of pyridine rings is 1. The van der Waals surface area contributed by atoms with Gasteiger partial charge in [0.05, 0.1) is 0 Å². The van der Waals surface area contributed by atoms with E-state index in [4.69, 9.17) is 5.11 Å². The van der Waals surface area contributed by atoms with Crippen LogP contribution in [0.5, 0.6) is 0 Å². The van der Waals surface area contributed by atoms with Gasteiger partial charge in [-0.15, -0.1) is 0 Å². The summed E-state index contributed by atoms with van der Waals surface area (Å²) in [5.74, 6) is 6.02. The molecule has 68 valence electrons. The third-order valence-electron chi connectivity index (χ3n) is 1.72. The third-order valence-corrected chi connectivity index (χ3v) is 1.72. The minimum atomic E-state index is 0.209. The van der Waals surface area contributed by atoms with Crippen LogP contribution in [-0.2, 0) is 0 Å². The van der Waals surface area contributed by atoms with Crippen LogP contribution in [0.25, 0.3) is 0 Å². The summed E-state index contributed by atoms with van der Waals surface area (Å²) in [5, 5.41) is 8.54. The molecule has 0 saturated heterocycles. The number of aryl methyl sites for hydroxylation is 1. The molecule has 0 saturated carbocycles. The minimum absolute atomic E-state index is 0.209. The number of unbranched alkanes of at least 4 members (excludes halogenated alkanes) is 1. The summed E-state index contributed by atoms with van der Waals surface area (Å²) in [6.45, 7) is 2.22. The van der Waals surface area contributed by atoms with Gasteiger partial charge in [-0.3, -0.25) is 4.98 Å². The Labute approximate surface area is 78.6 Å². The molecule has 2 heteroatoms. The summed E-state index contributed by atoms with van der Waals surface area (Å²) in [6.07, 6.45) is 5.01. The predicted molar refractivity (Wildman–Crippen MR) is 52.2 cm³/mol. The van der Waals surface area contributed by atoms with E-state index in [0.717, 1.165) is 24.0 Å². The zero-order valence-corrected chi connectivity index (χ0v) is 7.75. The first-order valence-electron chi connectivity index (χ1n) is 4.35. The number of rotatable bonds is 2. The van der Waals surface area contributed by atoms with Crippen LogP contribution in [0.2, 0.25) is 0 Å². The first-order chi connectivity index (χ1) is 6.34. The number of hydrogen-bond acceptors (Lipinski definition) is 2. The molecule has 0 aliphatic rings. The SMILES string of the molecule is Cc1ccncc1C#CCCCO. The first-order valence-corrected chi connectivity index (χ1v) is 4.35. The largest absolute Gasteiger partial charge is 0.396 e. The fourth-order valence-electron chi connectivity index (χ4n) is 0.920. The van der Waals surface area contributed by atoms with Crippen LogP contribution in [0.1, 0.15) is 24.0 Å². The van der Waals surface area contributed by atoms with Gasteiger partial charge >= 0.3 is 0 Å². The highest BCUT2D eigenvalue weighted by Crippen LogP contribution is 2.02. The molecule has 0 aromatic carbocycles. The van der Waals surface area contributed by atoms with E-state index in [2.05, 4.69) is 16.8 Å². The van der Waals surface area contributed by atoms with Crippen LogP contribution in [0.3, 0.4) is 0 Å². The number of aromatic nitrogens is 1. The normalized spacial score (nSPS) is 9.08. The van der Waals surface area contributed by atoms with Crippen molar-refractivity contribution in [2.45, 2.75) is 19.8 Å². The van der Waals surface area contributed by atoms with Crippen molar-refractivity contribution in [2.75, 3.05) is 6.61 Å². The number of nitrogens with zero attached hydrogens (tertiary/aromatic N) is 1. The van der Waals surface area contributed by atoms with Crippen molar-refractivity contribution in [3.8, 4) is 11.8 Å². The molecule has 2 nitrogen and oxygen atoms in total. The van der Waals surface area contributed by atoms with Crippen molar-refractivity contribution in [3.05, 3.63) is 29.6 Å². The van der Waals surface area contributed by atoms with Gasteiger partial charge in [-0.25, -0.2) is 0 Å². The molecular weight excluding hydrogens is 162 g/mol. The predicted octanol–water partition coefficient (Wildman–Crippen LogP) is 1.51. The van der Waals surface area contributed by atoms with Gasteiger partial charge in [-0.2, -0.15) is 0 Å². The molecule has 0 atom stereocenters. The molecule has 13 heavy (non-hydrogen) atoms. The standard InChI is InChI=1S/C11H13NO/c1-10-6-7-12-9-11(10)5-3-2-4-8-13/h6-7,9,13H,2,4,8H2,1H3. The van der Waals surface area contributed by atoms with Gasteiger partial charge in [0.2, 0.25) is 0 Å². The molecular formula is C11H13NO. The monoisotopic (exact) mass is 175 g/mol. The average molecular weight is 175 g/mol. The maximum absolute atomic E-state index is 8.54.